The van der Waals surface area contributed by atoms with Gasteiger partial charge in [0.2, 0.25) is 5.95 Å². The number of rotatable bonds is 4. The molecule has 0 fully saturated rings. The minimum atomic E-state index is 0.193. The maximum atomic E-state index is 5.65. The van der Waals surface area contributed by atoms with E-state index in [4.69, 9.17) is 11.6 Å². The molecule has 0 atom stereocenters. The van der Waals surface area contributed by atoms with Crippen molar-refractivity contribution in [1.82, 2.24) is 19.7 Å². The highest BCUT2D eigenvalue weighted by molar-refractivity contribution is 5.93. The Kier molecular flexibility index (Phi) is 3.41. The van der Waals surface area contributed by atoms with E-state index in [1.54, 1.807) is 0 Å². The zero-order valence-corrected chi connectivity index (χ0v) is 11.7. The molecule has 0 saturated carbocycles. The molecule has 0 aliphatic rings. The van der Waals surface area contributed by atoms with Crippen LogP contribution in [0.5, 0.6) is 0 Å². The lowest BCUT2D eigenvalue weighted by atomic mass is 10.1. The summed E-state index contributed by atoms with van der Waals surface area (Å²) in [5.41, 5.74) is 11.1. The molecule has 1 aromatic carbocycles. The third kappa shape index (κ3) is 2.50. The molecule has 0 unspecified atom stereocenters. The van der Waals surface area contributed by atoms with Crippen LogP contribution >= 0.6 is 0 Å². The standard InChI is InChI=1S/C14H17N7/c1-2-5-21-8-10(7-17-21)9-3-4-12-11(6-9)13(20-16)19-14(15)18-12/h3-4,6-8H,2,5,16H2,1H3,(H3,15,18,19,20). The molecule has 108 valence electrons. The smallest absolute Gasteiger partial charge is 0.222 e. The van der Waals surface area contributed by atoms with Gasteiger partial charge in [0.1, 0.15) is 0 Å². The highest BCUT2D eigenvalue weighted by Gasteiger charge is 2.08. The average molecular weight is 283 g/mol. The van der Waals surface area contributed by atoms with Gasteiger partial charge >= 0.3 is 0 Å². The summed E-state index contributed by atoms with van der Waals surface area (Å²) >= 11 is 0. The number of nitrogens with two attached hydrogens (primary N) is 2. The van der Waals surface area contributed by atoms with Crippen LogP contribution in [-0.2, 0) is 6.54 Å². The number of hydrogen-bond donors (Lipinski definition) is 3. The van der Waals surface area contributed by atoms with Crippen LogP contribution in [0.25, 0.3) is 22.0 Å². The van der Waals surface area contributed by atoms with Gasteiger partial charge in [0.15, 0.2) is 5.82 Å². The Hall–Kier alpha value is -2.67. The van der Waals surface area contributed by atoms with Gasteiger partial charge in [-0.25, -0.2) is 10.8 Å². The van der Waals surface area contributed by atoms with Gasteiger partial charge < -0.3 is 11.2 Å². The molecule has 0 spiro atoms. The Morgan fingerprint density at radius 1 is 1.24 bits per heavy atom. The van der Waals surface area contributed by atoms with Gasteiger partial charge in [0, 0.05) is 23.7 Å². The number of nitrogens with zero attached hydrogens (tertiary/aromatic N) is 4. The van der Waals surface area contributed by atoms with Crippen molar-refractivity contribution in [2.75, 3.05) is 11.2 Å². The average Bonchev–Trinajstić information content (AvgIpc) is 2.95. The second-order valence-electron chi connectivity index (χ2n) is 4.80. The maximum Gasteiger partial charge on any atom is 0.222 e. The first-order valence-corrected chi connectivity index (χ1v) is 6.78. The Morgan fingerprint density at radius 2 is 2.10 bits per heavy atom. The quantitative estimate of drug-likeness (QED) is 0.497. The second-order valence-corrected chi connectivity index (χ2v) is 4.80. The summed E-state index contributed by atoms with van der Waals surface area (Å²) in [4.78, 5) is 8.30. The highest BCUT2D eigenvalue weighted by Crippen LogP contribution is 2.27. The molecule has 21 heavy (non-hydrogen) atoms. The largest absolute Gasteiger partial charge is 0.368 e. The normalized spacial score (nSPS) is 11.0. The molecule has 0 bridgehead atoms. The number of fused-ring (bicyclic) bond motifs is 1. The van der Waals surface area contributed by atoms with Gasteiger partial charge in [-0.15, -0.1) is 0 Å². The third-order valence-electron chi connectivity index (χ3n) is 3.27. The summed E-state index contributed by atoms with van der Waals surface area (Å²) in [5, 5.41) is 5.17. The van der Waals surface area contributed by atoms with Crippen LogP contribution in [0.15, 0.2) is 30.6 Å². The molecular formula is C14H17N7. The molecule has 2 heterocycles. The van der Waals surface area contributed by atoms with Crippen molar-refractivity contribution < 1.29 is 0 Å². The third-order valence-corrected chi connectivity index (χ3v) is 3.27. The molecule has 0 aliphatic carbocycles. The van der Waals surface area contributed by atoms with E-state index in [0.717, 1.165) is 35.0 Å². The minimum Gasteiger partial charge on any atom is -0.368 e. The number of aryl methyl sites for hydroxylation is 1. The maximum absolute atomic E-state index is 5.65. The van der Waals surface area contributed by atoms with Crippen molar-refractivity contribution in [3.8, 4) is 11.1 Å². The SMILES string of the molecule is CCCn1cc(-c2ccc3nc(N)nc(NN)c3c2)cn1. The van der Waals surface area contributed by atoms with E-state index in [1.807, 2.05) is 35.3 Å². The molecule has 0 radical (unpaired) electrons. The van der Waals surface area contributed by atoms with E-state index >= 15 is 0 Å². The molecule has 7 heteroatoms. The molecule has 0 saturated heterocycles. The van der Waals surface area contributed by atoms with Crippen molar-refractivity contribution in [3.63, 3.8) is 0 Å². The molecule has 3 rings (SSSR count). The summed E-state index contributed by atoms with van der Waals surface area (Å²) in [7, 11) is 0. The molecule has 5 N–H and O–H groups in total. The summed E-state index contributed by atoms with van der Waals surface area (Å²) in [6, 6.07) is 5.88. The Bertz CT molecular complexity index is 778. The number of hydrogen-bond acceptors (Lipinski definition) is 6. The van der Waals surface area contributed by atoms with E-state index in [1.165, 1.54) is 0 Å². The van der Waals surface area contributed by atoms with Crippen LogP contribution in [0.1, 0.15) is 13.3 Å². The Labute approximate surface area is 122 Å². The van der Waals surface area contributed by atoms with E-state index in [-0.39, 0.29) is 5.95 Å². The van der Waals surface area contributed by atoms with E-state index in [2.05, 4.69) is 27.4 Å². The highest BCUT2D eigenvalue weighted by atomic mass is 15.3. The number of nitrogens with one attached hydrogen (secondary N) is 1. The molecular weight excluding hydrogens is 266 g/mol. The van der Waals surface area contributed by atoms with Crippen LogP contribution in [0.2, 0.25) is 0 Å². The predicted octanol–water partition coefficient (Wildman–Crippen LogP) is 1.77. The van der Waals surface area contributed by atoms with Crippen molar-refractivity contribution in [2.45, 2.75) is 19.9 Å². The number of nitrogen functional groups attached to an aromatic ring is 2. The monoisotopic (exact) mass is 283 g/mol. The van der Waals surface area contributed by atoms with Gasteiger partial charge in [0.05, 0.1) is 11.7 Å². The van der Waals surface area contributed by atoms with Crippen LogP contribution in [0.4, 0.5) is 11.8 Å². The van der Waals surface area contributed by atoms with Crippen LogP contribution in [-0.4, -0.2) is 19.7 Å². The van der Waals surface area contributed by atoms with E-state index < -0.39 is 0 Å². The first kappa shape index (κ1) is 13.3. The van der Waals surface area contributed by atoms with Crippen LogP contribution < -0.4 is 17.0 Å². The predicted molar refractivity (Wildman–Crippen MR) is 83.3 cm³/mol. The molecule has 0 amide bonds. The van der Waals surface area contributed by atoms with Crippen molar-refractivity contribution in [1.29, 1.82) is 0 Å². The summed E-state index contributed by atoms with van der Waals surface area (Å²) in [5.74, 6) is 6.21. The fourth-order valence-corrected chi connectivity index (χ4v) is 2.30. The summed E-state index contributed by atoms with van der Waals surface area (Å²) < 4.78 is 1.93. The number of benzene rings is 1. The minimum absolute atomic E-state index is 0.193. The van der Waals surface area contributed by atoms with Crippen molar-refractivity contribution in [3.05, 3.63) is 30.6 Å². The number of anilines is 2. The first-order chi connectivity index (χ1) is 10.2. The van der Waals surface area contributed by atoms with Gasteiger partial charge in [-0.1, -0.05) is 13.0 Å². The molecule has 2 aromatic heterocycles. The Morgan fingerprint density at radius 3 is 2.86 bits per heavy atom. The topological polar surface area (TPSA) is 108 Å². The van der Waals surface area contributed by atoms with E-state index in [0.29, 0.717) is 5.82 Å². The van der Waals surface area contributed by atoms with Gasteiger partial charge in [-0.05, 0) is 24.1 Å². The van der Waals surface area contributed by atoms with Crippen LogP contribution in [0.3, 0.4) is 0 Å². The number of hydrazine groups is 1. The van der Waals surface area contributed by atoms with E-state index in [9.17, 15) is 0 Å². The lowest BCUT2D eigenvalue weighted by Gasteiger charge is -2.07. The van der Waals surface area contributed by atoms with Crippen molar-refractivity contribution in [2.24, 2.45) is 5.84 Å². The fraction of sp³-hybridized carbons (Fsp3) is 0.214. The summed E-state index contributed by atoms with van der Waals surface area (Å²) in [6.07, 6.45) is 4.93. The van der Waals surface area contributed by atoms with Crippen LogP contribution in [0, 0.1) is 0 Å². The first-order valence-electron chi connectivity index (χ1n) is 6.78. The summed E-state index contributed by atoms with van der Waals surface area (Å²) in [6.45, 7) is 3.03. The van der Waals surface area contributed by atoms with Gasteiger partial charge in [0.25, 0.3) is 0 Å². The zero-order valence-electron chi connectivity index (χ0n) is 11.7. The zero-order chi connectivity index (χ0) is 14.8. The number of aromatic nitrogens is 4. The van der Waals surface area contributed by atoms with Gasteiger partial charge in [-0.2, -0.15) is 10.1 Å². The lowest BCUT2D eigenvalue weighted by Crippen LogP contribution is -2.11. The molecule has 0 aliphatic heterocycles. The molecule has 7 nitrogen and oxygen atoms in total. The van der Waals surface area contributed by atoms with Crippen molar-refractivity contribution >= 4 is 22.7 Å². The van der Waals surface area contributed by atoms with Gasteiger partial charge in [-0.3, -0.25) is 4.68 Å². The molecule has 3 aromatic rings. The fourth-order valence-electron chi connectivity index (χ4n) is 2.30. The Balaban J connectivity index is 2.09. The lowest BCUT2D eigenvalue weighted by molar-refractivity contribution is 0.603. The second kappa shape index (κ2) is 5.37.